The van der Waals surface area contributed by atoms with Crippen LogP contribution in [0, 0.1) is 6.92 Å². The van der Waals surface area contributed by atoms with E-state index in [-0.39, 0.29) is 0 Å². The van der Waals surface area contributed by atoms with E-state index < -0.39 is 0 Å². The fourth-order valence-corrected chi connectivity index (χ4v) is 2.23. The van der Waals surface area contributed by atoms with Crippen molar-refractivity contribution < 1.29 is 0 Å². The number of hydrogen-bond acceptors (Lipinski definition) is 2. The van der Waals surface area contributed by atoms with Crippen molar-refractivity contribution in [3.63, 3.8) is 0 Å². The molecule has 1 N–H and O–H groups in total. The molecule has 0 bridgehead atoms. The Kier molecular flexibility index (Phi) is 3.97. The first kappa shape index (κ1) is 11.6. The summed E-state index contributed by atoms with van der Waals surface area (Å²) in [5.74, 6) is 0. The molecule has 0 aromatic heterocycles. The van der Waals surface area contributed by atoms with Gasteiger partial charge < -0.3 is 5.32 Å². The average molecular weight is 218 g/mol. The van der Waals surface area contributed by atoms with Gasteiger partial charge in [-0.1, -0.05) is 25.1 Å². The molecule has 2 heteroatoms. The molecule has 0 radical (unpaired) electrons. The Hall–Kier alpha value is -0.860. The molecule has 2 rings (SSSR count). The maximum absolute atomic E-state index is 3.40. The molecule has 1 aromatic rings. The molecule has 1 saturated heterocycles. The van der Waals surface area contributed by atoms with E-state index in [0.717, 1.165) is 26.1 Å². The van der Waals surface area contributed by atoms with Crippen LogP contribution in [0.4, 0.5) is 0 Å². The minimum absolute atomic E-state index is 1.11. The quantitative estimate of drug-likeness (QED) is 0.834. The fraction of sp³-hybridized carbons (Fsp3) is 0.571. The van der Waals surface area contributed by atoms with Gasteiger partial charge in [0.25, 0.3) is 0 Å². The van der Waals surface area contributed by atoms with Crippen molar-refractivity contribution in [1.29, 1.82) is 0 Å². The maximum atomic E-state index is 3.40. The number of rotatable bonds is 3. The van der Waals surface area contributed by atoms with E-state index in [1.807, 2.05) is 0 Å². The predicted molar refractivity (Wildman–Crippen MR) is 68.7 cm³/mol. The molecular formula is C14H22N2. The summed E-state index contributed by atoms with van der Waals surface area (Å²) in [4.78, 5) is 2.54. The molecule has 1 aliphatic rings. The number of aryl methyl sites for hydroxylation is 2. The van der Waals surface area contributed by atoms with Gasteiger partial charge in [0.1, 0.15) is 0 Å². The molecule has 0 aliphatic carbocycles. The molecule has 0 unspecified atom stereocenters. The minimum Gasteiger partial charge on any atom is -0.314 e. The second-order valence-electron chi connectivity index (χ2n) is 4.64. The van der Waals surface area contributed by atoms with Crippen molar-refractivity contribution in [1.82, 2.24) is 10.2 Å². The Labute approximate surface area is 98.7 Å². The highest BCUT2D eigenvalue weighted by molar-refractivity contribution is 5.31. The topological polar surface area (TPSA) is 15.3 Å². The van der Waals surface area contributed by atoms with Crippen molar-refractivity contribution in [2.45, 2.75) is 26.8 Å². The average Bonchev–Trinajstić information content (AvgIpc) is 2.33. The van der Waals surface area contributed by atoms with E-state index in [0.29, 0.717) is 0 Å². The molecule has 1 aromatic carbocycles. The largest absolute Gasteiger partial charge is 0.314 e. The first-order valence-electron chi connectivity index (χ1n) is 6.31. The SMILES string of the molecule is CCc1ccc(C)c(CN2CCNCC2)c1. The highest BCUT2D eigenvalue weighted by Crippen LogP contribution is 2.14. The van der Waals surface area contributed by atoms with E-state index in [2.05, 4.69) is 42.3 Å². The lowest BCUT2D eigenvalue weighted by atomic mass is 10.0. The maximum Gasteiger partial charge on any atom is 0.0237 e. The van der Waals surface area contributed by atoms with E-state index in [4.69, 9.17) is 0 Å². The Morgan fingerprint density at radius 1 is 1.25 bits per heavy atom. The van der Waals surface area contributed by atoms with Crippen molar-refractivity contribution in [3.8, 4) is 0 Å². The summed E-state index contributed by atoms with van der Waals surface area (Å²) in [5, 5.41) is 3.40. The lowest BCUT2D eigenvalue weighted by molar-refractivity contribution is 0.233. The molecule has 1 fully saturated rings. The van der Waals surface area contributed by atoms with Gasteiger partial charge in [0.05, 0.1) is 0 Å². The molecule has 0 saturated carbocycles. The summed E-state index contributed by atoms with van der Waals surface area (Å²) in [6.45, 7) is 10.2. The van der Waals surface area contributed by atoms with Crippen LogP contribution in [0.2, 0.25) is 0 Å². The molecule has 88 valence electrons. The molecule has 2 nitrogen and oxygen atoms in total. The molecule has 0 atom stereocenters. The Bertz CT molecular complexity index is 341. The zero-order chi connectivity index (χ0) is 11.4. The van der Waals surface area contributed by atoms with Crippen LogP contribution < -0.4 is 5.32 Å². The number of benzene rings is 1. The predicted octanol–water partition coefficient (Wildman–Crippen LogP) is 1.96. The van der Waals surface area contributed by atoms with Gasteiger partial charge in [-0.15, -0.1) is 0 Å². The number of nitrogens with zero attached hydrogens (tertiary/aromatic N) is 1. The van der Waals surface area contributed by atoms with Gasteiger partial charge >= 0.3 is 0 Å². The summed E-state index contributed by atoms with van der Waals surface area (Å²) in [6, 6.07) is 6.88. The van der Waals surface area contributed by atoms with Crippen LogP contribution in [-0.4, -0.2) is 31.1 Å². The highest BCUT2D eigenvalue weighted by Gasteiger charge is 2.11. The zero-order valence-corrected chi connectivity index (χ0v) is 10.4. The molecule has 16 heavy (non-hydrogen) atoms. The van der Waals surface area contributed by atoms with Crippen molar-refractivity contribution >= 4 is 0 Å². The van der Waals surface area contributed by atoms with Gasteiger partial charge in [-0.25, -0.2) is 0 Å². The molecule has 0 amide bonds. The standard InChI is InChI=1S/C14H22N2/c1-3-13-5-4-12(2)14(10-13)11-16-8-6-15-7-9-16/h4-5,10,15H,3,6-9,11H2,1-2H3. The van der Waals surface area contributed by atoms with Gasteiger partial charge in [0.2, 0.25) is 0 Å². The van der Waals surface area contributed by atoms with Crippen LogP contribution in [0.3, 0.4) is 0 Å². The van der Waals surface area contributed by atoms with Crippen molar-refractivity contribution in [3.05, 3.63) is 34.9 Å². The highest BCUT2D eigenvalue weighted by atomic mass is 15.2. The summed E-state index contributed by atoms with van der Waals surface area (Å²) in [7, 11) is 0. The lowest BCUT2D eigenvalue weighted by Gasteiger charge is -2.27. The summed E-state index contributed by atoms with van der Waals surface area (Å²) < 4.78 is 0. The van der Waals surface area contributed by atoms with E-state index >= 15 is 0 Å². The molecule has 0 spiro atoms. The molecule has 1 aliphatic heterocycles. The first-order chi connectivity index (χ1) is 7.79. The zero-order valence-electron chi connectivity index (χ0n) is 10.4. The third kappa shape index (κ3) is 2.83. The molecular weight excluding hydrogens is 196 g/mol. The van der Waals surface area contributed by atoms with E-state index in [9.17, 15) is 0 Å². The Morgan fingerprint density at radius 3 is 2.69 bits per heavy atom. The minimum atomic E-state index is 1.11. The van der Waals surface area contributed by atoms with Gasteiger partial charge in [-0.2, -0.15) is 0 Å². The third-order valence-corrected chi connectivity index (χ3v) is 3.43. The number of nitrogens with one attached hydrogen (secondary N) is 1. The third-order valence-electron chi connectivity index (χ3n) is 3.43. The van der Waals surface area contributed by atoms with Crippen molar-refractivity contribution in [2.24, 2.45) is 0 Å². The van der Waals surface area contributed by atoms with Crippen LogP contribution in [0.25, 0.3) is 0 Å². The van der Waals surface area contributed by atoms with Crippen LogP contribution in [-0.2, 0) is 13.0 Å². The molecule has 1 heterocycles. The normalized spacial score (nSPS) is 17.6. The first-order valence-corrected chi connectivity index (χ1v) is 6.31. The monoisotopic (exact) mass is 218 g/mol. The second kappa shape index (κ2) is 5.46. The Balaban J connectivity index is 2.06. The summed E-state index contributed by atoms with van der Waals surface area (Å²) >= 11 is 0. The summed E-state index contributed by atoms with van der Waals surface area (Å²) in [5.41, 5.74) is 4.38. The smallest absolute Gasteiger partial charge is 0.0237 e. The van der Waals surface area contributed by atoms with Crippen molar-refractivity contribution in [2.75, 3.05) is 26.2 Å². The van der Waals surface area contributed by atoms with Crippen LogP contribution in [0.15, 0.2) is 18.2 Å². The van der Waals surface area contributed by atoms with Crippen LogP contribution in [0.5, 0.6) is 0 Å². The number of hydrogen-bond donors (Lipinski definition) is 1. The van der Waals surface area contributed by atoms with Gasteiger partial charge in [-0.3, -0.25) is 4.90 Å². The second-order valence-corrected chi connectivity index (χ2v) is 4.64. The van der Waals surface area contributed by atoms with E-state index in [1.165, 1.54) is 29.8 Å². The number of piperazine rings is 1. The Morgan fingerprint density at radius 2 is 2.00 bits per heavy atom. The fourth-order valence-electron chi connectivity index (χ4n) is 2.23. The van der Waals surface area contributed by atoms with Crippen LogP contribution in [0.1, 0.15) is 23.6 Å². The lowest BCUT2D eigenvalue weighted by Crippen LogP contribution is -2.43. The van der Waals surface area contributed by atoms with Gasteiger partial charge in [0, 0.05) is 32.7 Å². The van der Waals surface area contributed by atoms with Crippen LogP contribution >= 0.6 is 0 Å². The van der Waals surface area contributed by atoms with Gasteiger partial charge in [0.15, 0.2) is 0 Å². The summed E-state index contributed by atoms with van der Waals surface area (Å²) in [6.07, 6.45) is 1.13. The van der Waals surface area contributed by atoms with E-state index in [1.54, 1.807) is 0 Å². The van der Waals surface area contributed by atoms with Gasteiger partial charge in [-0.05, 0) is 30.0 Å².